The first-order chi connectivity index (χ1) is 6.45. The van der Waals surface area contributed by atoms with Crippen molar-refractivity contribution in [3.63, 3.8) is 0 Å². The zero-order valence-electron chi connectivity index (χ0n) is 7.93. The zero-order chi connectivity index (χ0) is 10.8. The summed E-state index contributed by atoms with van der Waals surface area (Å²) in [5.74, 6) is 0. The number of rotatable bonds is 2. The van der Waals surface area contributed by atoms with Crippen molar-refractivity contribution in [2.24, 2.45) is 5.16 Å². The second kappa shape index (κ2) is 3.79. The van der Waals surface area contributed by atoms with Gasteiger partial charge in [0.05, 0.1) is 10.6 Å². The zero-order valence-corrected chi connectivity index (χ0v) is 8.75. The number of hydrogen-bond donors (Lipinski definition) is 1. The molecule has 0 aliphatic heterocycles. The van der Waals surface area contributed by atoms with Crippen LogP contribution in [-0.2, 0) is 9.84 Å². The fourth-order valence-corrected chi connectivity index (χ4v) is 1.63. The van der Waals surface area contributed by atoms with E-state index in [-0.39, 0.29) is 4.90 Å². The van der Waals surface area contributed by atoms with Gasteiger partial charge >= 0.3 is 0 Å². The highest BCUT2D eigenvalue weighted by atomic mass is 32.2. The molecule has 76 valence electrons. The van der Waals surface area contributed by atoms with E-state index >= 15 is 0 Å². The summed E-state index contributed by atoms with van der Waals surface area (Å²) in [7, 11) is -3.15. The topological polar surface area (TPSA) is 66.7 Å². The Balaban J connectivity index is 3.14. The Morgan fingerprint density at radius 2 is 1.79 bits per heavy atom. The molecule has 14 heavy (non-hydrogen) atoms. The second-order valence-corrected chi connectivity index (χ2v) is 5.00. The standard InChI is InChI=1S/C9H11NO3S/c1-7(10-11)8-3-5-9(6-4-8)14(2,12)13/h3-6,11H,1-2H3/b10-7+. The van der Waals surface area contributed by atoms with Crippen molar-refractivity contribution in [3.8, 4) is 0 Å². The van der Waals surface area contributed by atoms with Crippen LogP contribution in [0.15, 0.2) is 34.3 Å². The Hall–Kier alpha value is -1.36. The molecule has 0 spiro atoms. The summed E-state index contributed by atoms with van der Waals surface area (Å²) >= 11 is 0. The van der Waals surface area contributed by atoms with Crippen molar-refractivity contribution >= 4 is 15.5 Å². The Morgan fingerprint density at radius 1 is 1.29 bits per heavy atom. The Labute approximate surface area is 82.8 Å². The monoisotopic (exact) mass is 213 g/mol. The largest absolute Gasteiger partial charge is 0.411 e. The van der Waals surface area contributed by atoms with E-state index in [1.54, 1.807) is 19.1 Å². The third kappa shape index (κ3) is 2.32. The minimum atomic E-state index is -3.15. The molecule has 0 atom stereocenters. The smallest absolute Gasteiger partial charge is 0.175 e. The van der Waals surface area contributed by atoms with Gasteiger partial charge in [-0.05, 0) is 24.6 Å². The highest BCUT2D eigenvalue weighted by Crippen LogP contribution is 2.10. The van der Waals surface area contributed by atoms with Crippen molar-refractivity contribution < 1.29 is 13.6 Å². The first-order valence-electron chi connectivity index (χ1n) is 3.94. The lowest BCUT2D eigenvalue weighted by atomic mass is 10.1. The van der Waals surface area contributed by atoms with Crippen molar-refractivity contribution in [3.05, 3.63) is 29.8 Å². The number of hydrogen-bond acceptors (Lipinski definition) is 4. The first kappa shape index (κ1) is 10.7. The fourth-order valence-electron chi connectivity index (χ4n) is 1.00. The highest BCUT2D eigenvalue weighted by Gasteiger charge is 2.06. The third-order valence-electron chi connectivity index (χ3n) is 1.85. The molecule has 0 amide bonds. The molecular weight excluding hydrogens is 202 g/mol. The molecular formula is C9H11NO3S. The lowest BCUT2D eigenvalue weighted by Gasteiger charge is -2.00. The molecule has 0 bridgehead atoms. The van der Waals surface area contributed by atoms with Crippen LogP contribution < -0.4 is 0 Å². The van der Waals surface area contributed by atoms with Gasteiger partial charge < -0.3 is 5.21 Å². The number of benzene rings is 1. The van der Waals surface area contributed by atoms with Gasteiger partial charge in [-0.15, -0.1) is 0 Å². The van der Waals surface area contributed by atoms with Gasteiger partial charge in [0.25, 0.3) is 0 Å². The van der Waals surface area contributed by atoms with Crippen LogP contribution in [-0.4, -0.2) is 25.6 Å². The van der Waals surface area contributed by atoms with Gasteiger partial charge in [-0.25, -0.2) is 8.42 Å². The van der Waals surface area contributed by atoms with Gasteiger partial charge in [0.1, 0.15) is 0 Å². The van der Waals surface area contributed by atoms with Gasteiger partial charge in [0.15, 0.2) is 9.84 Å². The van der Waals surface area contributed by atoms with Crippen LogP contribution in [0.4, 0.5) is 0 Å². The summed E-state index contributed by atoms with van der Waals surface area (Å²) in [6.45, 7) is 1.63. The van der Waals surface area contributed by atoms with Crippen LogP contribution >= 0.6 is 0 Å². The van der Waals surface area contributed by atoms with E-state index in [1.165, 1.54) is 12.1 Å². The number of oxime groups is 1. The van der Waals surface area contributed by atoms with Gasteiger partial charge in [-0.2, -0.15) is 0 Å². The van der Waals surface area contributed by atoms with E-state index in [0.717, 1.165) is 6.26 Å². The molecule has 5 heteroatoms. The average molecular weight is 213 g/mol. The molecule has 1 aromatic carbocycles. The van der Waals surface area contributed by atoms with E-state index in [9.17, 15) is 8.42 Å². The maximum Gasteiger partial charge on any atom is 0.175 e. The summed E-state index contributed by atoms with van der Waals surface area (Å²) < 4.78 is 22.2. The van der Waals surface area contributed by atoms with E-state index in [4.69, 9.17) is 5.21 Å². The lowest BCUT2D eigenvalue weighted by Crippen LogP contribution is -1.99. The molecule has 0 saturated heterocycles. The van der Waals surface area contributed by atoms with Crippen LogP contribution in [0, 0.1) is 0 Å². The molecule has 0 heterocycles. The summed E-state index contributed by atoms with van der Waals surface area (Å²) in [4.78, 5) is 0.256. The summed E-state index contributed by atoms with van der Waals surface area (Å²) in [5.41, 5.74) is 1.14. The van der Waals surface area contributed by atoms with Crippen molar-refractivity contribution in [2.75, 3.05) is 6.26 Å². The summed E-state index contributed by atoms with van der Waals surface area (Å²) in [6.07, 6.45) is 1.15. The first-order valence-corrected chi connectivity index (χ1v) is 5.83. The SMILES string of the molecule is C/C(=N\O)c1ccc(S(C)(=O)=O)cc1. The molecule has 0 radical (unpaired) electrons. The number of nitrogens with zero attached hydrogens (tertiary/aromatic N) is 1. The molecule has 0 fully saturated rings. The lowest BCUT2D eigenvalue weighted by molar-refractivity contribution is 0.319. The molecule has 0 aliphatic rings. The van der Waals surface area contributed by atoms with E-state index in [1.807, 2.05) is 0 Å². The van der Waals surface area contributed by atoms with Gasteiger partial charge in [-0.1, -0.05) is 17.3 Å². The van der Waals surface area contributed by atoms with Crippen LogP contribution in [0.2, 0.25) is 0 Å². The molecule has 0 aliphatic carbocycles. The minimum absolute atomic E-state index is 0.256. The molecule has 1 aromatic rings. The minimum Gasteiger partial charge on any atom is -0.411 e. The molecule has 0 unspecified atom stereocenters. The van der Waals surface area contributed by atoms with Crippen LogP contribution in [0.3, 0.4) is 0 Å². The Kier molecular flexibility index (Phi) is 2.90. The van der Waals surface area contributed by atoms with Crippen molar-refractivity contribution in [1.29, 1.82) is 0 Å². The molecule has 0 aromatic heterocycles. The fraction of sp³-hybridized carbons (Fsp3) is 0.222. The summed E-state index contributed by atoms with van der Waals surface area (Å²) in [5, 5.41) is 11.5. The predicted molar refractivity (Wildman–Crippen MR) is 53.5 cm³/mol. The average Bonchev–Trinajstić information content (AvgIpc) is 2.15. The van der Waals surface area contributed by atoms with Crippen molar-refractivity contribution in [2.45, 2.75) is 11.8 Å². The highest BCUT2D eigenvalue weighted by molar-refractivity contribution is 7.90. The molecule has 4 nitrogen and oxygen atoms in total. The quantitative estimate of drug-likeness (QED) is 0.457. The Morgan fingerprint density at radius 3 is 2.14 bits per heavy atom. The maximum absolute atomic E-state index is 11.1. The molecule has 1 N–H and O–H groups in total. The van der Waals surface area contributed by atoms with E-state index < -0.39 is 9.84 Å². The maximum atomic E-state index is 11.1. The van der Waals surface area contributed by atoms with Crippen LogP contribution in [0.1, 0.15) is 12.5 Å². The van der Waals surface area contributed by atoms with Crippen LogP contribution in [0.5, 0.6) is 0 Å². The van der Waals surface area contributed by atoms with Crippen molar-refractivity contribution in [1.82, 2.24) is 0 Å². The van der Waals surface area contributed by atoms with Gasteiger partial charge in [0.2, 0.25) is 0 Å². The summed E-state index contributed by atoms with van der Waals surface area (Å²) in [6, 6.07) is 6.18. The van der Waals surface area contributed by atoms with E-state index in [2.05, 4.69) is 5.16 Å². The molecule has 0 saturated carbocycles. The molecule has 1 rings (SSSR count). The third-order valence-corrected chi connectivity index (χ3v) is 2.98. The second-order valence-electron chi connectivity index (χ2n) is 2.98. The van der Waals surface area contributed by atoms with Gasteiger partial charge in [-0.3, -0.25) is 0 Å². The van der Waals surface area contributed by atoms with E-state index in [0.29, 0.717) is 11.3 Å². The van der Waals surface area contributed by atoms with Crippen LogP contribution in [0.25, 0.3) is 0 Å². The number of sulfone groups is 1. The predicted octanol–water partition coefficient (Wildman–Crippen LogP) is 1.29. The normalized spacial score (nSPS) is 12.9. The Bertz CT molecular complexity index is 445. The van der Waals surface area contributed by atoms with Gasteiger partial charge in [0, 0.05) is 6.26 Å².